The first-order valence-electron chi connectivity index (χ1n) is 8.36. The zero-order valence-corrected chi connectivity index (χ0v) is 15.2. The van der Waals surface area contributed by atoms with Gasteiger partial charge in [-0.15, -0.1) is 0 Å². The second kappa shape index (κ2) is 7.62. The maximum Gasteiger partial charge on any atom is 0.231 e. The Balaban J connectivity index is 1.56. The van der Waals surface area contributed by atoms with E-state index in [1.807, 2.05) is 48.5 Å². The van der Waals surface area contributed by atoms with Crippen molar-refractivity contribution in [3.63, 3.8) is 0 Å². The molecule has 4 rings (SSSR count). The van der Waals surface area contributed by atoms with Crippen molar-refractivity contribution in [2.45, 2.75) is 16.3 Å². The maximum atomic E-state index is 5.57. The molecule has 3 aromatic rings. The average Bonchev–Trinajstić information content (AvgIpc) is 3.15. The van der Waals surface area contributed by atoms with Gasteiger partial charge in [-0.25, -0.2) is 0 Å². The number of fused-ring (bicyclic) bond motifs is 1. The molecule has 0 amide bonds. The van der Waals surface area contributed by atoms with E-state index in [-0.39, 0.29) is 0 Å². The largest absolute Gasteiger partial charge is 0.495 e. The molecule has 0 bridgehead atoms. The van der Waals surface area contributed by atoms with Crippen LogP contribution in [-0.4, -0.2) is 13.9 Å². The summed E-state index contributed by atoms with van der Waals surface area (Å²) < 4.78 is 16.4. The number of hydrogen-bond acceptors (Lipinski definition) is 5. The number of ether oxygens (including phenoxy) is 3. The smallest absolute Gasteiger partial charge is 0.231 e. The van der Waals surface area contributed by atoms with Crippen molar-refractivity contribution in [1.29, 1.82) is 0 Å². The molecule has 132 valence electrons. The molecular weight excluding hydrogens is 346 g/mol. The Morgan fingerprint density at radius 3 is 2.65 bits per heavy atom. The third kappa shape index (κ3) is 3.58. The van der Waals surface area contributed by atoms with Gasteiger partial charge < -0.3 is 19.5 Å². The Morgan fingerprint density at radius 1 is 0.962 bits per heavy atom. The van der Waals surface area contributed by atoms with Crippen LogP contribution in [0.25, 0.3) is 0 Å². The molecule has 1 N–H and O–H groups in total. The lowest BCUT2D eigenvalue weighted by molar-refractivity contribution is 0.174. The van der Waals surface area contributed by atoms with Gasteiger partial charge in [0.05, 0.1) is 17.7 Å². The van der Waals surface area contributed by atoms with Crippen molar-refractivity contribution in [1.82, 2.24) is 0 Å². The molecule has 4 nitrogen and oxygen atoms in total. The Bertz CT molecular complexity index is 899. The number of nitrogens with one attached hydrogen (secondary N) is 1. The molecule has 1 heterocycles. The van der Waals surface area contributed by atoms with E-state index in [1.165, 1.54) is 4.90 Å². The van der Waals surface area contributed by atoms with E-state index in [9.17, 15) is 0 Å². The van der Waals surface area contributed by atoms with E-state index in [1.54, 1.807) is 18.9 Å². The fraction of sp³-hybridized carbons (Fsp3) is 0.143. The summed E-state index contributed by atoms with van der Waals surface area (Å²) in [6, 6.07) is 22.3. The van der Waals surface area contributed by atoms with E-state index < -0.39 is 0 Å². The Kier molecular flexibility index (Phi) is 4.88. The molecule has 0 atom stereocenters. The fourth-order valence-corrected chi connectivity index (χ4v) is 3.81. The van der Waals surface area contributed by atoms with Crippen molar-refractivity contribution in [2.75, 3.05) is 19.2 Å². The molecule has 0 saturated heterocycles. The second-order valence-corrected chi connectivity index (χ2v) is 6.88. The van der Waals surface area contributed by atoms with Gasteiger partial charge >= 0.3 is 0 Å². The quantitative estimate of drug-likeness (QED) is 0.651. The lowest BCUT2D eigenvalue weighted by atomic mass is 10.2. The van der Waals surface area contributed by atoms with Gasteiger partial charge in [0.2, 0.25) is 6.79 Å². The first kappa shape index (κ1) is 16.7. The number of rotatable bonds is 6. The van der Waals surface area contributed by atoms with Crippen LogP contribution in [-0.2, 0) is 6.54 Å². The minimum Gasteiger partial charge on any atom is -0.495 e. The summed E-state index contributed by atoms with van der Waals surface area (Å²) in [6.07, 6.45) is 0. The molecule has 5 heteroatoms. The Labute approximate surface area is 157 Å². The van der Waals surface area contributed by atoms with E-state index in [4.69, 9.17) is 14.2 Å². The highest BCUT2D eigenvalue weighted by Gasteiger charge is 2.14. The Hall–Kier alpha value is -2.79. The molecule has 0 unspecified atom stereocenters. The third-order valence-corrected chi connectivity index (χ3v) is 5.21. The zero-order chi connectivity index (χ0) is 17.8. The first-order valence-corrected chi connectivity index (χ1v) is 9.17. The molecule has 0 aromatic heterocycles. The minimum absolute atomic E-state index is 0.292. The number of methoxy groups -OCH3 is 1. The number of hydrogen-bond donors (Lipinski definition) is 1. The number of benzene rings is 3. The topological polar surface area (TPSA) is 39.7 Å². The molecule has 26 heavy (non-hydrogen) atoms. The van der Waals surface area contributed by atoms with Crippen LogP contribution in [0, 0.1) is 0 Å². The number of anilines is 1. The van der Waals surface area contributed by atoms with Crippen molar-refractivity contribution in [3.8, 4) is 17.2 Å². The van der Waals surface area contributed by atoms with Crippen LogP contribution in [0.3, 0.4) is 0 Å². The molecule has 3 aromatic carbocycles. The van der Waals surface area contributed by atoms with Crippen molar-refractivity contribution in [2.24, 2.45) is 0 Å². The maximum absolute atomic E-state index is 5.57. The first-order chi connectivity index (χ1) is 12.8. The van der Waals surface area contributed by atoms with Crippen LogP contribution in [0.4, 0.5) is 5.69 Å². The van der Waals surface area contributed by atoms with Gasteiger partial charge in [-0.05, 0) is 42.0 Å². The molecule has 0 fully saturated rings. The van der Waals surface area contributed by atoms with Crippen LogP contribution < -0.4 is 19.5 Å². The third-order valence-electron chi connectivity index (χ3n) is 4.08. The highest BCUT2D eigenvalue weighted by molar-refractivity contribution is 7.99. The van der Waals surface area contributed by atoms with Gasteiger partial charge in [0, 0.05) is 11.4 Å². The van der Waals surface area contributed by atoms with Crippen LogP contribution >= 0.6 is 11.8 Å². The highest BCUT2D eigenvalue weighted by Crippen LogP contribution is 2.40. The summed E-state index contributed by atoms with van der Waals surface area (Å²) in [4.78, 5) is 2.24. The SMILES string of the molecule is COc1cccc(NCc2ccc3c(c2)OCO3)c1Sc1ccccc1. The van der Waals surface area contributed by atoms with Crippen LogP contribution in [0.1, 0.15) is 5.56 Å². The van der Waals surface area contributed by atoms with Crippen molar-refractivity contribution >= 4 is 17.4 Å². The van der Waals surface area contributed by atoms with Crippen molar-refractivity contribution in [3.05, 3.63) is 72.3 Å². The van der Waals surface area contributed by atoms with Gasteiger partial charge in [-0.1, -0.05) is 42.1 Å². The van der Waals surface area contributed by atoms with Crippen LogP contribution in [0.5, 0.6) is 17.2 Å². The van der Waals surface area contributed by atoms with E-state index >= 15 is 0 Å². The van der Waals surface area contributed by atoms with Crippen LogP contribution in [0.15, 0.2) is 76.5 Å². The van der Waals surface area contributed by atoms with Gasteiger partial charge in [0.25, 0.3) is 0 Å². The summed E-state index contributed by atoms with van der Waals surface area (Å²) in [5.41, 5.74) is 2.17. The Morgan fingerprint density at radius 2 is 1.81 bits per heavy atom. The predicted octanol–water partition coefficient (Wildman–Crippen LogP) is 5.19. The van der Waals surface area contributed by atoms with E-state index in [0.717, 1.165) is 33.4 Å². The molecule has 1 aliphatic rings. The predicted molar refractivity (Wildman–Crippen MR) is 103 cm³/mol. The monoisotopic (exact) mass is 365 g/mol. The summed E-state index contributed by atoms with van der Waals surface area (Å²) >= 11 is 1.69. The van der Waals surface area contributed by atoms with E-state index in [2.05, 4.69) is 23.5 Å². The lowest BCUT2D eigenvalue weighted by Crippen LogP contribution is -2.01. The van der Waals surface area contributed by atoms with Gasteiger partial charge in [0.15, 0.2) is 11.5 Å². The molecular formula is C21H19NO3S. The van der Waals surface area contributed by atoms with Crippen LogP contribution in [0.2, 0.25) is 0 Å². The highest BCUT2D eigenvalue weighted by atomic mass is 32.2. The molecule has 0 radical (unpaired) electrons. The minimum atomic E-state index is 0.292. The zero-order valence-electron chi connectivity index (χ0n) is 14.4. The second-order valence-electron chi connectivity index (χ2n) is 5.79. The van der Waals surface area contributed by atoms with Gasteiger partial charge in [0.1, 0.15) is 5.75 Å². The summed E-state index contributed by atoms with van der Waals surface area (Å²) in [5.74, 6) is 2.46. The molecule has 0 spiro atoms. The molecule has 0 saturated carbocycles. The average molecular weight is 365 g/mol. The van der Waals surface area contributed by atoms with Crippen molar-refractivity contribution < 1.29 is 14.2 Å². The normalized spacial score (nSPS) is 12.0. The summed E-state index contributed by atoms with van der Waals surface area (Å²) in [5, 5.41) is 3.52. The summed E-state index contributed by atoms with van der Waals surface area (Å²) in [7, 11) is 1.70. The standard InChI is InChI=1S/C21H19NO3S/c1-23-19-9-5-8-17(21(19)26-16-6-3-2-4-7-16)22-13-15-10-11-18-20(12-15)25-14-24-18/h2-12,22H,13-14H2,1H3. The summed E-state index contributed by atoms with van der Waals surface area (Å²) in [6.45, 7) is 0.978. The molecule has 1 aliphatic heterocycles. The van der Waals surface area contributed by atoms with Gasteiger partial charge in [-0.3, -0.25) is 0 Å². The molecule has 0 aliphatic carbocycles. The lowest BCUT2D eigenvalue weighted by Gasteiger charge is -2.15. The van der Waals surface area contributed by atoms with Gasteiger partial charge in [-0.2, -0.15) is 0 Å². The van der Waals surface area contributed by atoms with E-state index in [0.29, 0.717) is 13.3 Å². The fourth-order valence-electron chi connectivity index (χ4n) is 2.78.